The lowest BCUT2D eigenvalue weighted by atomic mass is 10.1. The summed E-state index contributed by atoms with van der Waals surface area (Å²) in [5.41, 5.74) is -0.825. The molecule has 0 saturated heterocycles. The molecule has 1 N–H and O–H groups in total. The third kappa shape index (κ3) is 4.35. The fourth-order valence-corrected chi connectivity index (χ4v) is 3.88. The maximum absolute atomic E-state index is 13.1. The van der Waals surface area contributed by atoms with E-state index in [2.05, 4.69) is 15.4 Å². The summed E-state index contributed by atoms with van der Waals surface area (Å²) in [5.74, 6) is -0.414. The Morgan fingerprint density at radius 2 is 2.03 bits per heavy atom. The van der Waals surface area contributed by atoms with Crippen LogP contribution in [0.5, 0.6) is 0 Å². The van der Waals surface area contributed by atoms with E-state index in [1.165, 1.54) is 27.4 Å². The summed E-state index contributed by atoms with van der Waals surface area (Å²) < 4.78 is 42.3. The van der Waals surface area contributed by atoms with Crippen LogP contribution in [0.25, 0.3) is 11.0 Å². The summed E-state index contributed by atoms with van der Waals surface area (Å²) in [4.78, 5) is 29.6. The van der Waals surface area contributed by atoms with Crippen molar-refractivity contribution < 1.29 is 18.0 Å². The van der Waals surface area contributed by atoms with Gasteiger partial charge in [-0.05, 0) is 30.9 Å². The third-order valence-electron chi connectivity index (χ3n) is 4.68. The van der Waals surface area contributed by atoms with Crippen molar-refractivity contribution >= 4 is 34.4 Å². The van der Waals surface area contributed by atoms with Crippen LogP contribution in [0.1, 0.15) is 18.4 Å². The largest absolute Gasteiger partial charge is 0.418 e. The number of benzene rings is 1. The molecule has 0 aliphatic heterocycles. The van der Waals surface area contributed by atoms with Crippen LogP contribution in [-0.4, -0.2) is 31.0 Å². The van der Waals surface area contributed by atoms with Crippen molar-refractivity contribution in [3.63, 3.8) is 0 Å². The normalized spacial score (nSPS) is 14.3. The molecular formula is C19H18F3N5O2S. The molecule has 1 saturated carbocycles. The van der Waals surface area contributed by atoms with Crippen LogP contribution in [0.15, 0.2) is 40.4 Å². The molecule has 0 unspecified atom stereocenters. The number of fused-ring (bicyclic) bond motifs is 1. The average molecular weight is 437 g/mol. The average Bonchev–Trinajstić information content (AvgIpc) is 3.42. The molecule has 4 rings (SSSR count). The highest BCUT2D eigenvalue weighted by Crippen LogP contribution is 2.35. The fraction of sp³-hybridized carbons (Fsp3) is 0.368. The van der Waals surface area contributed by atoms with Gasteiger partial charge in [0, 0.05) is 13.6 Å². The Labute approximate surface area is 173 Å². The van der Waals surface area contributed by atoms with Gasteiger partial charge in [0.05, 0.1) is 23.2 Å². The van der Waals surface area contributed by atoms with Gasteiger partial charge in [-0.2, -0.15) is 18.3 Å². The Kier molecular flexibility index (Phi) is 5.31. The first-order valence-corrected chi connectivity index (χ1v) is 10.2. The summed E-state index contributed by atoms with van der Waals surface area (Å²) in [6.07, 6.45) is -0.923. The lowest BCUT2D eigenvalue weighted by Gasteiger charge is -2.14. The number of nitrogens with one attached hydrogen (secondary N) is 1. The minimum atomic E-state index is -4.57. The number of aryl methyl sites for hydroxylation is 1. The second kappa shape index (κ2) is 7.78. The molecule has 1 amide bonds. The van der Waals surface area contributed by atoms with Crippen molar-refractivity contribution in [2.24, 2.45) is 13.0 Å². The Balaban J connectivity index is 1.55. The molecule has 7 nitrogen and oxygen atoms in total. The van der Waals surface area contributed by atoms with Gasteiger partial charge in [0.15, 0.2) is 10.7 Å². The predicted molar refractivity (Wildman–Crippen MR) is 106 cm³/mol. The minimum Gasteiger partial charge on any atom is -0.325 e. The fourth-order valence-electron chi connectivity index (χ4n) is 3.07. The summed E-state index contributed by atoms with van der Waals surface area (Å²) in [6.45, 7) is 0.485. The number of anilines is 1. The number of amides is 1. The number of halogens is 3. The van der Waals surface area contributed by atoms with Gasteiger partial charge in [-0.15, -0.1) is 0 Å². The molecule has 1 aliphatic rings. The summed E-state index contributed by atoms with van der Waals surface area (Å²) in [7, 11) is 1.69. The monoisotopic (exact) mass is 437 g/mol. The van der Waals surface area contributed by atoms with Crippen molar-refractivity contribution in [3.05, 3.63) is 46.4 Å². The number of rotatable bonds is 6. The van der Waals surface area contributed by atoms with Crippen molar-refractivity contribution in [2.45, 2.75) is 30.7 Å². The third-order valence-corrected chi connectivity index (χ3v) is 5.66. The molecule has 0 spiro atoms. The van der Waals surface area contributed by atoms with Crippen LogP contribution >= 0.6 is 11.8 Å². The van der Waals surface area contributed by atoms with Crippen molar-refractivity contribution in [1.29, 1.82) is 0 Å². The Hall–Kier alpha value is -2.82. The Morgan fingerprint density at radius 1 is 1.30 bits per heavy atom. The lowest BCUT2D eigenvalue weighted by Crippen LogP contribution is -2.25. The predicted octanol–water partition coefficient (Wildman–Crippen LogP) is 3.29. The summed E-state index contributed by atoms with van der Waals surface area (Å²) in [6, 6.07) is 4.79. The second-order valence-corrected chi connectivity index (χ2v) is 8.11. The van der Waals surface area contributed by atoms with Gasteiger partial charge in [0.2, 0.25) is 5.91 Å². The molecule has 11 heteroatoms. The van der Waals surface area contributed by atoms with E-state index in [4.69, 9.17) is 0 Å². The molecule has 2 heterocycles. The molecule has 3 aromatic rings. The molecule has 30 heavy (non-hydrogen) atoms. The molecule has 1 aromatic carbocycles. The van der Waals surface area contributed by atoms with E-state index in [9.17, 15) is 22.8 Å². The topological polar surface area (TPSA) is 81.8 Å². The van der Waals surface area contributed by atoms with Crippen molar-refractivity contribution in [3.8, 4) is 0 Å². The summed E-state index contributed by atoms with van der Waals surface area (Å²) in [5, 5.41) is 6.81. The molecule has 0 atom stereocenters. The van der Waals surface area contributed by atoms with Crippen LogP contribution in [0.2, 0.25) is 0 Å². The maximum atomic E-state index is 13.1. The van der Waals surface area contributed by atoms with Crippen LogP contribution in [0, 0.1) is 5.92 Å². The van der Waals surface area contributed by atoms with Gasteiger partial charge in [-0.1, -0.05) is 23.9 Å². The molecule has 1 aliphatic carbocycles. The molecule has 158 valence electrons. The molecular weight excluding hydrogens is 419 g/mol. The smallest absolute Gasteiger partial charge is 0.325 e. The number of thioether (sulfide) groups is 1. The lowest BCUT2D eigenvalue weighted by molar-refractivity contribution is -0.137. The quantitative estimate of drug-likeness (QED) is 0.473. The van der Waals surface area contributed by atoms with Gasteiger partial charge in [-0.25, -0.2) is 4.98 Å². The first-order valence-electron chi connectivity index (χ1n) is 9.25. The molecule has 0 bridgehead atoms. The molecule has 2 aromatic heterocycles. The van der Waals surface area contributed by atoms with Gasteiger partial charge < -0.3 is 5.32 Å². The number of para-hydroxylation sites is 1. The minimum absolute atomic E-state index is 0.185. The van der Waals surface area contributed by atoms with E-state index in [1.807, 2.05) is 0 Å². The summed E-state index contributed by atoms with van der Waals surface area (Å²) >= 11 is 1.02. The van der Waals surface area contributed by atoms with Crippen LogP contribution < -0.4 is 10.9 Å². The number of nitrogens with zero attached hydrogens (tertiary/aromatic N) is 4. The van der Waals surface area contributed by atoms with Crippen LogP contribution in [0.3, 0.4) is 0 Å². The number of carbonyl (C=O) groups is 1. The first kappa shape index (κ1) is 20.5. The number of alkyl halides is 3. The van der Waals surface area contributed by atoms with Gasteiger partial charge >= 0.3 is 6.18 Å². The number of hydrogen-bond donors (Lipinski definition) is 1. The number of carbonyl (C=O) groups excluding carboxylic acids is 1. The highest BCUT2D eigenvalue weighted by molar-refractivity contribution is 7.99. The highest BCUT2D eigenvalue weighted by Gasteiger charge is 2.33. The second-order valence-electron chi connectivity index (χ2n) is 7.17. The Bertz CT molecular complexity index is 1170. The molecule has 1 fully saturated rings. The van der Waals surface area contributed by atoms with Crippen LogP contribution in [-0.2, 0) is 24.6 Å². The zero-order valence-electron chi connectivity index (χ0n) is 15.9. The van der Waals surface area contributed by atoms with E-state index < -0.39 is 17.6 Å². The first-order chi connectivity index (χ1) is 14.2. The highest BCUT2D eigenvalue weighted by atomic mass is 32.2. The zero-order chi connectivity index (χ0) is 21.5. The van der Waals surface area contributed by atoms with E-state index in [1.54, 1.807) is 13.2 Å². The number of hydrogen-bond acceptors (Lipinski definition) is 5. The SMILES string of the molecule is Cn1cc2nc(SCC(=O)Nc3ccccc3C(F)(F)F)n(CC3CC3)c(=O)c2n1. The van der Waals surface area contributed by atoms with Gasteiger partial charge in [0.25, 0.3) is 5.56 Å². The van der Waals surface area contributed by atoms with Crippen molar-refractivity contribution in [1.82, 2.24) is 19.3 Å². The van der Waals surface area contributed by atoms with E-state index in [0.717, 1.165) is 30.7 Å². The zero-order valence-corrected chi connectivity index (χ0v) is 16.8. The van der Waals surface area contributed by atoms with Gasteiger partial charge in [-0.3, -0.25) is 18.8 Å². The maximum Gasteiger partial charge on any atom is 0.418 e. The Morgan fingerprint density at radius 3 is 2.73 bits per heavy atom. The van der Waals surface area contributed by atoms with Crippen molar-refractivity contribution in [2.75, 3.05) is 11.1 Å². The standard InChI is InChI=1S/C19H18F3N5O2S/c1-26-9-14-16(25-26)17(29)27(8-11-6-7-11)18(24-14)30-10-15(28)23-13-5-3-2-4-12(13)19(20,21)22/h2-5,9,11H,6-8,10H2,1H3,(H,23,28). The molecule has 0 radical (unpaired) electrons. The van der Waals surface area contributed by atoms with E-state index in [0.29, 0.717) is 23.1 Å². The van der Waals surface area contributed by atoms with E-state index in [-0.39, 0.29) is 22.5 Å². The van der Waals surface area contributed by atoms with Gasteiger partial charge in [0.1, 0.15) is 5.52 Å². The number of aromatic nitrogens is 4. The van der Waals surface area contributed by atoms with E-state index >= 15 is 0 Å². The van der Waals surface area contributed by atoms with Crippen LogP contribution in [0.4, 0.5) is 18.9 Å².